The molecule has 0 bridgehead atoms. The average molecular weight is 585 g/mol. The number of ether oxygens (including phenoxy) is 1. The van der Waals surface area contributed by atoms with Crippen molar-refractivity contribution in [1.82, 2.24) is 14.9 Å². The molecule has 1 fully saturated rings. The number of aromatic nitrogens is 2. The van der Waals surface area contributed by atoms with Crippen molar-refractivity contribution in [2.24, 2.45) is 0 Å². The first-order chi connectivity index (χ1) is 19.0. The van der Waals surface area contributed by atoms with Gasteiger partial charge < -0.3 is 25.2 Å². The van der Waals surface area contributed by atoms with Crippen LogP contribution in [0.5, 0.6) is 0 Å². The Labute approximate surface area is 242 Å². The van der Waals surface area contributed by atoms with Crippen molar-refractivity contribution in [2.45, 2.75) is 32.8 Å². The Kier molecular flexibility index (Phi) is 9.11. The monoisotopic (exact) mass is 584 g/mol. The Morgan fingerprint density at radius 1 is 0.850 bits per heavy atom. The van der Waals surface area contributed by atoms with Crippen LogP contribution >= 0.6 is 23.2 Å². The summed E-state index contributed by atoms with van der Waals surface area (Å²) < 4.78 is 5.50. The first kappa shape index (κ1) is 29.1. The van der Waals surface area contributed by atoms with Gasteiger partial charge in [0.15, 0.2) is 0 Å². The minimum Gasteiger partial charge on any atom is -0.444 e. The van der Waals surface area contributed by atoms with Crippen LogP contribution < -0.4 is 15.5 Å². The lowest BCUT2D eigenvalue weighted by Crippen LogP contribution is -2.39. The van der Waals surface area contributed by atoms with Crippen LogP contribution in [0.1, 0.15) is 47.9 Å². The Bertz CT molecular complexity index is 1380. The smallest absolute Gasteiger partial charge is 0.410 e. The highest BCUT2D eigenvalue weighted by Crippen LogP contribution is 2.23. The van der Waals surface area contributed by atoms with Crippen LogP contribution in [-0.4, -0.2) is 64.6 Å². The van der Waals surface area contributed by atoms with Crippen LogP contribution in [0.2, 0.25) is 10.0 Å². The van der Waals surface area contributed by atoms with E-state index in [2.05, 4.69) is 25.5 Å². The molecule has 40 heavy (non-hydrogen) atoms. The molecule has 4 rings (SSSR count). The van der Waals surface area contributed by atoms with E-state index in [9.17, 15) is 14.4 Å². The first-order valence-corrected chi connectivity index (χ1v) is 13.5. The number of nitrogens with zero attached hydrogens (tertiary/aromatic N) is 4. The predicted molar refractivity (Wildman–Crippen MR) is 155 cm³/mol. The first-order valence-electron chi connectivity index (χ1n) is 12.7. The number of hydrogen-bond donors (Lipinski definition) is 2. The van der Waals surface area contributed by atoms with Gasteiger partial charge >= 0.3 is 6.09 Å². The van der Waals surface area contributed by atoms with Gasteiger partial charge in [-0.25, -0.2) is 14.8 Å². The van der Waals surface area contributed by atoms with Crippen LogP contribution in [0, 0.1) is 0 Å². The van der Waals surface area contributed by atoms with E-state index in [1.165, 1.54) is 18.5 Å². The zero-order valence-corrected chi connectivity index (χ0v) is 23.9. The topological polar surface area (TPSA) is 117 Å². The fourth-order valence-electron chi connectivity index (χ4n) is 4.00. The summed E-state index contributed by atoms with van der Waals surface area (Å²) in [7, 11) is 0. The molecule has 3 aromatic rings. The predicted octanol–water partition coefficient (Wildman–Crippen LogP) is 5.74. The standard InChI is InChI=1S/C28H30Cl2N6O4/c1-28(2,3)40-27(39)36-12-4-11-35(13-14-36)24-10-5-18(16-32-24)25(37)33-22-8-6-19(29)15-21(22)26(38)34-23-9-7-20(30)17-31-23/h5-10,15-17H,4,11-14H2,1-3H3,(H,33,37)(H,31,34,38). The van der Waals surface area contributed by atoms with Crippen LogP contribution in [0.3, 0.4) is 0 Å². The maximum Gasteiger partial charge on any atom is 0.410 e. The van der Waals surface area contributed by atoms with Crippen molar-refractivity contribution in [3.8, 4) is 0 Å². The lowest BCUT2D eigenvalue weighted by Gasteiger charge is -2.26. The zero-order valence-electron chi connectivity index (χ0n) is 22.4. The normalized spacial score (nSPS) is 13.8. The zero-order chi connectivity index (χ0) is 28.9. The number of carbonyl (C=O) groups is 3. The summed E-state index contributed by atoms with van der Waals surface area (Å²) in [6, 6.07) is 11.2. The Morgan fingerprint density at radius 2 is 1.62 bits per heavy atom. The fraction of sp³-hybridized carbons (Fsp3) is 0.321. The Balaban J connectivity index is 1.41. The SMILES string of the molecule is CC(C)(C)OC(=O)N1CCCN(c2ccc(C(=O)Nc3ccc(Cl)cc3C(=O)Nc3ccc(Cl)cn3)cn2)CC1. The van der Waals surface area contributed by atoms with Crippen molar-refractivity contribution in [3.05, 3.63) is 76.0 Å². The quantitative estimate of drug-likeness (QED) is 0.393. The van der Waals surface area contributed by atoms with E-state index in [1.807, 2.05) is 20.8 Å². The van der Waals surface area contributed by atoms with E-state index in [4.69, 9.17) is 27.9 Å². The molecule has 0 saturated carbocycles. The number of amides is 3. The number of nitrogens with one attached hydrogen (secondary N) is 2. The van der Waals surface area contributed by atoms with Gasteiger partial charge in [0.05, 0.1) is 21.8 Å². The van der Waals surface area contributed by atoms with Crippen LogP contribution in [0.25, 0.3) is 0 Å². The minimum absolute atomic E-state index is 0.168. The van der Waals surface area contributed by atoms with Gasteiger partial charge in [0.25, 0.3) is 11.8 Å². The molecule has 0 aliphatic carbocycles. The molecule has 1 aliphatic heterocycles. The Morgan fingerprint density at radius 3 is 2.30 bits per heavy atom. The molecule has 1 aromatic carbocycles. The number of carbonyl (C=O) groups excluding carboxylic acids is 3. The third kappa shape index (κ3) is 7.83. The van der Waals surface area contributed by atoms with Gasteiger partial charge in [-0.15, -0.1) is 0 Å². The van der Waals surface area contributed by atoms with Crippen LogP contribution in [-0.2, 0) is 4.74 Å². The largest absolute Gasteiger partial charge is 0.444 e. The summed E-state index contributed by atoms with van der Waals surface area (Å²) in [6.45, 7) is 7.93. The maximum absolute atomic E-state index is 13.0. The van der Waals surface area contributed by atoms with Crippen molar-refractivity contribution in [2.75, 3.05) is 41.7 Å². The third-order valence-electron chi connectivity index (χ3n) is 5.93. The van der Waals surface area contributed by atoms with Gasteiger partial charge in [-0.05, 0) is 69.7 Å². The summed E-state index contributed by atoms with van der Waals surface area (Å²) in [6.07, 6.45) is 3.33. The average Bonchev–Trinajstić information content (AvgIpc) is 3.17. The van der Waals surface area contributed by atoms with Gasteiger partial charge in [-0.1, -0.05) is 23.2 Å². The lowest BCUT2D eigenvalue weighted by atomic mass is 10.1. The van der Waals surface area contributed by atoms with Gasteiger partial charge in [-0.2, -0.15) is 0 Å². The number of rotatable bonds is 5. The summed E-state index contributed by atoms with van der Waals surface area (Å²) in [5, 5.41) is 6.20. The maximum atomic E-state index is 13.0. The third-order valence-corrected chi connectivity index (χ3v) is 6.38. The van der Waals surface area contributed by atoms with E-state index in [0.29, 0.717) is 53.4 Å². The van der Waals surface area contributed by atoms with Gasteiger partial charge in [0.1, 0.15) is 17.2 Å². The molecule has 0 atom stereocenters. The molecular formula is C28H30Cl2N6O4. The van der Waals surface area contributed by atoms with Gasteiger partial charge in [0.2, 0.25) is 0 Å². The number of pyridine rings is 2. The van der Waals surface area contributed by atoms with Gasteiger partial charge in [0, 0.05) is 43.6 Å². The second-order valence-electron chi connectivity index (χ2n) is 10.2. The van der Waals surface area contributed by atoms with E-state index in [1.54, 1.807) is 41.3 Å². The second kappa shape index (κ2) is 12.5. The number of benzene rings is 1. The molecule has 0 radical (unpaired) electrons. The van der Waals surface area contributed by atoms with E-state index >= 15 is 0 Å². The summed E-state index contributed by atoms with van der Waals surface area (Å²) in [5.74, 6) is 0.0634. The fourth-order valence-corrected chi connectivity index (χ4v) is 4.29. The summed E-state index contributed by atoms with van der Waals surface area (Å²) in [4.78, 5) is 50.7. The van der Waals surface area contributed by atoms with Crippen LogP contribution in [0.15, 0.2) is 54.9 Å². The molecule has 0 unspecified atom stereocenters. The molecule has 1 saturated heterocycles. The lowest BCUT2D eigenvalue weighted by molar-refractivity contribution is 0.0263. The molecular weight excluding hydrogens is 555 g/mol. The summed E-state index contributed by atoms with van der Waals surface area (Å²) in [5.41, 5.74) is 0.210. The highest BCUT2D eigenvalue weighted by atomic mass is 35.5. The molecule has 12 heteroatoms. The molecule has 3 heterocycles. The van der Waals surface area contributed by atoms with Crippen molar-refractivity contribution in [3.63, 3.8) is 0 Å². The number of anilines is 3. The summed E-state index contributed by atoms with van der Waals surface area (Å²) >= 11 is 12.0. The minimum atomic E-state index is -0.550. The van der Waals surface area contributed by atoms with Crippen molar-refractivity contribution >= 4 is 58.4 Å². The molecule has 210 valence electrons. The molecule has 10 nitrogen and oxygen atoms in total. The number of halogens is 2. The molecule has 2 aromatic heterocycles. The highest BCUT2D eigenvalue weighted by molar-refractivity contribution is 6.31. The van der Waals surface area contributed by atoms with Crippen LogP contribution in [0.4, 0.5) is 22.1 Å². The van der Waals surface area contributed by atoms with Crippen molar-refractivity contribution in [1.29, 1.82) is 0 Å². The molecule has 0 spiro atoms. The van der Waals surface area contributed by atoms with E-state index < -0.39 is 17.4 Å². The van der Waals surface area contributed by atoms with E-state index in [-0.39, 0.29) is 17.3 Å². The molecule has 1 aliphatic rings. The van der Waals surface area contributed by atoms with Gasteiger partial charge in [-0.3, -0.25) is 9.59 Å². The second-order valence-corrected chi connectivity index (χ2v) is 11.0. The van der Waals surface area contributed by atoms with Crippen molar-refractivity contribution < 1.29 is 19.1 Å². The highest BCUT2D eigenvalue weighted by Gasteiger charge is 2.25. The molecule has 3 amide bonds. The molecule has 2 N–H and O–H groups in total. The van der Waals surface area contributed by atoms with E-state index in [0.717, 1.165) is 6.42 Å². The Hall–Kier alpha value is -3.89. The number of hydrogen-bond acceptors (Lipinski definition) is 7.